The van der Waals surface area contributed by atoms with Crippen LogP contribution in [-0.4, -0.2) is 19.1 Å². The number of aryl methyl sites for hydroxylation is 2. The molecule has 0 aliphatic heterocycles. The Kier molecular flexibility index (Phi) is 3.81. The average Bonchev–Trinajstić information content (AvgIpc) is 2.81. The van der Waals surface area contributed by atoms with Gasteiger partial charge in [-0.05, 0) is 42.5 Å². The second kappa shape index (κ2) is 5.53. The summed E-state index contributed by atoms with van der Waals surface area (Å²) in [5.74, 6) is 0.657. The quantitative estimate of drug-likeness (QED) is 0.785. The molecule has 3 nitrogen and oxygen atoms in total. The first-order valence-electron chi connectivity index (χ1n) is 5.92. The fourth-order valence-electron chi connectivity index (χ4n) is 2.02. The number of fused-ring (bicyclic) bond motifs is 1. The first-order chi connectivity index (χ1) is 8.29. The molecule has 0 fully saturated rings. The predicted octanol–water partition coefficient (Wildman–Crippen LogP) is 1.86. The number of rotatable bonds is 5. The van der Waals surface area contributed by atoms with E-state index < -0.39 is 0 Å². The molecule has 0 saturated carbocycles. The number of benzene rings is 1. The zero-order valence-corrected chi connectivity index (χ0v) is 9.87. The van der Waals surface area contributed by atoms with Crippen LogP contribution in [0.2, 0.25) is 0 Å². The first-order valence-corrected chi connectivity index (χ1v) is 5.92. The molecule has 0 bridgehead atoms. The van der Waals surface area contributed by atoms with Crippen molar-refractivity contribution in [1.82, 2.24) is 5.32 Å². The van der Waals surface area contributed by atoms with Crippen LogP contribution in [0, 0.1) is 0 Å². The van der Waals surface area contributed by atoms with Crippen molar-refractivity contribution in [3.8, 4) is 5.75 Å². The van der Waals surface area contributed by atoms with Gasteiger partial charge in [0.2, 0.25) is 0 Å². The Labute approximate surface area is 101 Å². The van der Waals surface area contributed by atoms with Crippen molar-refractivity contribution in [2.45, 2.75) is 19.3 Å². The lowest BCUT2D eigenvalue weighted by Crippen LogP contribution is -2.28. The molecular formula is C14H17NO2. The number of carbonyl (C=O) groups is 1. The highest BCUT2D eigenvalue weighted by atomic mass is 16.5. The van der Waals surface area contributed by atoms with Crippen LogP contribution >= 0.6 is 0 Å². The van der Waals surface area contributed by atoms with Crippen molar-refractivity contribution in [2.24, 2.45) is 0 Å². The van der Waals surface area contributed by atoms with Gasteiger partial charge in [-0.3, -0.25) is 4.79 Å². The maximum Gasteiger partial charge on any atom is 0.258 e. The summed E-state index contributed by atoms with van der Waals surface area (Å²) in [6, 6.07) is 6.08. The Hall–Kier alpha value is -1.77. The van der Waals surface area contributed by atoms with Crippen LogP contribution in [0.15, 0.2) is 30.9 Å². The molecule has 2 rings (SSSR count). The molecule has 1 aliphatic rings. The number of nitrogens with one attached hydrogen (secondary N) is 1. The number of carbonyl (C=O) groups excluding carboxylic acids is 1. The maximum atomic E-state index is 11.3. The van der Waals surface area contributed by atoms with E-state index in [1.807, 2.05) is 12.1 Å². The van der Waals surface area contributed by atoms with E-state index in [4.69, 9.17) is 4.74 Å². The van der Waals surface area contributed by atoms with Crippen molar-refractivity contribution in [1.29, 1.82) is 0 Å². The molecular weight excluding hydrogens is 214 g/mol. The Bertz CT molecular complexity index is 426. The zero-order chi connectivity index (χ0) is 12.1. The SMILES string of the molecule is C=CCNC(=O)COc1ccc2c(c1)CCC2. The molecule has 0 saturated heterocycles. The van der Waals surface area contributed by atoms with Gasteiger partial charge in [0.15, 0.2) is 6.61 Å². The molecule has 17 heavy (non-hydrogen) atoms. The van der Waals surface area contributed by atoms with Gasteiger partial charge in [-0.25, -0.2) is 0 Å². The second-order valence-corrected chi connectivity index (χ2v) is 4.17. The molecule has 90 valence electrons. The number of hydrogen-bond donors (Lipinski definition) is 1. The lowest BCUT2D eigenvalue weighted by molar-refractivity contribution is -0.122. The fraction of sp³-hybridized carbons (Fsp3) is 0.357. The van der Waals surface area contributed by atoms with Gasteiger partial charge in [0, 0.05) is 6.54 Å². The van der Waals surface area contributed by atoms with E-state index in [0.29, 0.717) is 6.54 Å². The van der Waals surface area contributed by atoms with Gasteiger partial charge in [0.05, 0.1) is 0 Å². The summed E-state index contributed by atoms with van der Waals surface area (Å²) in [7, 11) is 0. The molecule has 1 N–H and O–H groups in total. The van der Waals surface area contributed by atoms with Gasteiger partial charge in [0.1, 0.15) is 5.75 Å². The Morgan fingerprint density at radius 1 is 1.41 bits per heavy atom. The lowest BCUT2D eigenvalue weighted by atomic mass is 10.1. The van der Waals surface area contributed by atoms with E-state index in [1.54, 1.807) is 6.08 Å². The molecule has 1 aliphatic carbocycles. The van der Waals surface area contributed by atoms with E-state index in [1.165, 1.54) is 17.5 Å². The standard InChI is InChI=1S/C14H17NO2/c1-2-8-15-14(16)10-17-13-7-6-11-4-3-5-12(11)9-13/h2,6-7,9H,1,3-5,8,10H2,(H,15,16). The van der Waals surface area contributed by atoms with Crippen LogP contribution in [0.1, 0.15) is 17.5 Å². The molecule has 1 amide bonds. The van der Waals surface area contributed by atoms with Crippen LogP contribution in [0.5, 0.6) is 5.75 Å². The third-order valence-electron chi connectivity index (χ3n) is 2.88. The average molecular weight is 231 g/mol. The van der Waals surface area contributed by atoms with E-state index in [0.717, 1.165) is 18.6 Å². The van der Waals surface area contributed by atoms with Crippen LogP contribution in [0.3, 0.4) is 0 Å². The molecule has 0 atom stereocenters. The van der Waals surface area contributed by atoms with E-state index in [9.17, 15) is 4.79 Å². The highest BCUT2D eigenvalue weighted by Gasteiger charge is 2.11. The third kappa shape index (κ3) is 3.09. The molecule has 0 heterocycles. The van der Waals surface area contributed by atoms with Gasteiger partial charge in [-0.15, -0.1) is 6.58 Å². The van der Waals surface area contributed by atoms with Crippen molar-refractivity contribution in [2.75, 3.05) is 13.2 Å². The monoisotopic (exact) mass is 231 g/mol. The van der Waals surface area contributed by atoms with Crippen molar-refractivity contribution in [3.63, 3.8) is 0 Å². The van der Waals surface area contributed by atoms with Crippen molar-refractivity contribution in [3.05, 3.63) is 42.0 Å². The van der Waals surface area contributed by atoms with Crippen molar-refractivity contribution >= 4 is 5.91 Å². The molecule has 0 radical (unpaired) electrons. The largest absolute Gasteiger partial charge is 0.484 e. The summed E-state index contributed by atoms with van der Waals surface area (Å²) in [4.78, 5) is 11.3. The predicted molar refractivity (Wildman–Crippen MR) is 67.2 cm³/mol. The van der Waals surface area contributed by atoms with Gasteiger partial charge < -0.3 is 10.1 Å². The normalized spacial score (nSPS) is 12.9. The molecule has 1 aromatic rings. The zero-order valence-electron chi connectivity index (χ0n) is 9.87. The topological polar surface area (TPSA) is 38.3 Å². The van der Waals surface area contributed by atoms with E-state index >= 15 is 0 Å². The molecule has 0 unspecified atom stereocenters. The summed E-state index contributed by atoms with van der Waals surface area (Å²) in [5, 5.41) is 2.67. The molecule has 1 aromatic carbocycles. The number of ether oxygens (including phenoxy) is 1. The van der Waals surface area contributed by atoms with Crippen molar-refractivity contribution < 1.29 is 9.53 Å². The summed E-state index contributed by atoms with van der Waals surface area (Å²) in [6.07, 6.45) is 5.15. The smallest absolute Gasteiger partial charge is 0.258 e. The minimum atomic E-state index is -0.120. The second-order valence-electron chi connectivity index (χ2n) is 4.17. The summed E-state index contributed by atoms with van der Waals surface area (Å²) in [6.45, 7) is 4.08. The molecule has 0 aromatic heterocycles. The van der Waals surface area contributed by atoms with E-state index in [2.05, 4.69) is 18.0 Å². The van der Waals surface area contributed by atoms with Crippen LogP contribution in [0.4, 0.5) is 0 Å². The van der Waals surface area contributed by atoms with E-state index in [-0.39, 0.29) is 12.5 Å². The lowest BCUT2D eigenvalue weighted by Gasteiger charge is -2.07. The fourth-order valence-corrected chi connectivity index (χ4v) is 2.02. The van der Waals surface area contributed by atoms with Gasteiger partial charge in [0.25, 0.3) is 5.91 Å². The Morgan fingerprint density at radius 3 is 3.06 bits per heavy atom. The van der Waals surface area contributed by atoms with Gasteiger partial charge in [-0.1, -0.05) is 12.1 Å². The Balaban J connectivity index is 1.87. The highest BCUT2D eigenvalue weighted by Crippen LogP contribution is 2.25. The minimum Gasteiger partial charge on any atom is -0.484 e. The third-order valence-corrected chi connectivity index (χ3v) is 2.88. The summed E-state index contributed by atoms with van der Waals surface area (Å²) < 4.78 is 5.44. The molecule has 0 spiro atoms. The minimum absolute atomic E-state index is 0.0621. The van der Waals surface area contributed by atoms with Crippen LogP contribution in [0.25, 0.3) is 0 Å². The number of hydrogen-bond acceptors (Lipinski definition) is 2. The molecule has 3 heteroatoms. The van der Waals surface area contributed by atoms with Crippen LogP contribution < -0.4 is 10.1 Å². The van der Waals surface area contributed by atoms with Gasteiger partial charge >= 0.3 is 0 Å². The summed E-state index contributed by atoms with van der Waals surface area (Å²) in [5.41, 5.74) is 2.77. The highest BCUT2D eigenvalue weighted by molar-refractivity contribution is 5.77. The maximum absolute atomic E-state index is 11.3. The van der Waals surface area contributed by atoms with Crippen LogP contribution in [-0.2, 0) is 17.6 Å². The van der Waals surface area contributed by atoms with Gasteiger partial charge in [-0.2, -0.15) is 0 Å². The first kappa shape index (κ1) is 11.7. The summed E-state index contributed by atoms with van der Waals surface area (Å²) >= 11 is 0. The number of amides is 1. The Morgan fingerprint density at radius 2 is 2.24 bits per heavy atom.